The van der Waals surface area contributed by atoms with Crippen molar-refractivity contribution in [2.75, 3.05) is 7.11 Å². The molecule has 0 unspecified atom stereocenters. The summed E-state index contributed by atoms with van der Waals surface area (Å²) >= 11 is 1.55. The van der Waals surface area contributed by atoms with Gasteiger partial charge in [0.15, 0.2) is 0 Å². The lowest BCUT2D eigenvalue weighted by Crippen LogP contribution is -2.09. The number of ether oxygens (including phenoxy) is 1. The third kappa shape index (κ3) is 3.04. The van der Waals surface area contributed by atoms with Crippen molar-refractivity contribution < 1.29 is 4.74 Å². The Labute approximate surface area is 161 Å². The molecule has 4 rings (SSSR count). The lowest BCUT2D eigenvalue weighted by molar-refractivity contribution is 0.412. The molecule has 0 aliphatic heterocycles. The lowest BCUT2D eigenvalue weighted by Gasteiger charge is -2.08. The smallest absolute Gasteiger partial charge is 0.260 e. The number of thiophene rings is 1. The molecule has 2 aromatic carbocycles. The van der Waals surface area contributed by atoms with Gasteiger partial charge >= 0.3 is 0 Å². The first kappa shape index (κ1) is 17.5. The SMILES string of the molecule is COc1ccc(-c2c(C)sc3nc(-c4ccc(C)cc4)[nH]c(=O)c23)cc1C. The van der Waals surface area contributed by atoms with E-state index in [0.29, 0.717) is 11.2 Å². The number of nitrogens with zero attached hydrogens (tertiary/aromatic N) is 1. The predicted octanol–water partition coefficient (Wildman–Crippen LogP) is 5.25. The van der Waals surface area contributed by atoms with Crippen LogP contribution in [0.3, 0.4) is 0 Å². The zero-order valence-electron chi connectivity index (χ0n) is 15.7. The van der Waals surface area contributed by atoms with Crippen LogP contribution in [0.2, 0.25) is 0 Å². The molecule has 2 heterocycles. The van der Waals surface area contributed by atoms with E-state index in [1.807, 2.05) is 57.2 Å². The second kappa shape index (κ2) is 6.67. The first-order valence-electron chi connectivity index (χ1n) is 8.73. The molecule has 0 radical (unpaired) electrons. The Balaban J connectivity index is 1.91. The number of aromatic nitrogens is 2. The van der Waals surface area contributed by atoms with E-state index >= 15 is 0 Å². The van der Waals surface area contributed by atoms with Gasteiger partial charge in [0.05, 0.1) is 12.5 Å². The Kier molecular flexibility index (Phi) is 4.32. The summed E-state index contributed by atoms with van der Waals surface area (Å²) in [6.07, 6.45) is 0. The first-order chi connectivity index (χ1) is 13.0. The Bertz CT molecular complexity index is 1200. The van der Waals surface area contributed by atoms with Crippen molar-refractivity contribution >= 4 is 21.6 Å². The molecule has 4 nitrogen and oxygen atoms in total. The maximum atomic E-state index is 12.9. The topological polar surface area (TPSA) is 55.0 Å². The van der Waals surface area contributed by atoms with Crippen LogP contribution in [0, 0.1) is 20.8 Å². The molecule has 4 aromatic rings. The van der Waals surface area contributed by atoms with Crippen molar-refractivity contribution in [1.82, 2.24) is 9.97 Å². The van der Waals surface area contributed by atoms with E-state index in [1.54, 1.807) is 18.4 Å². The van der Waals surface area contributed by atoms with E-state index in [0.717, 1.165) is 37.7 Å². The van der Waals surface area contributed by atoms with Gasteiger partial charge in [-0.25, -0.2) is 4.98 Å². The van der Waals surface area contributed by atoms with Crippen molar-refractivity contribution in [2.45, 2.75) is 20.8 Å². The maximum absolute atomic E-state index is 12.9. The zero-order valence-corrected chi connectivity index (χ0v) is 16.5. The number of hydrogen-bond acceptors (Lipinski definition) is 4. The number of H-pyrrole nitrogens is 1. The molecule has 0 bridgehead atoms. The molecule has 0 atom stereocenters. The summed E-state index contributed by atoms with van der Waals surface area (Å²) < 4.78 is 5.35. The van der Waals surface area contributed by atoms with Gasteiger partial charge in [-0.1, -0.05) is 35.9 Å². The van der Waals surface area contributed by atoms with E-state index in [1.165, 1.54) is 5.56 Å². The summed E-state index contributed by atoms with van der Waals surface area (Å²) in [5.41, 5.74) is 4.97. The Morgan fingerprint density at radius 2 is 1.70 bits per heavy atom. The Morgan fingerprint density at radius 1 is 1.00 bits per heavy atom. The highest BCUT2D eigenvalue weighted by atomic mass is 32.1. The molecule has 0 spiro atoms. The minimum atomic E-state index is -0.108. The normalized spacial score (nSPS) is 11.1. The number of rotatable bonds is 3. The van der Waals surface area contributed by atoms with Crippen LogP contribution in [-0.2, 0) is 0 Å². The molecule has 27 heavy (non-hydrogen) atoms. The van der Waals surface area contributed by atoms with Gasteiger partial charge in [0, 0.05) is 16.0 Å². The summed E-state index contributed by atoms with van der Waals surface area (Å²) in [5.74, 6) is 1.44. The van der Waals surface area contributed by atoms with Gasteiger partial charge in [-0.2, -0.15) is 0 Å². The minimum Gasteiger partial charge on any atom is -0.496 e. The number of aryl methyl sites for hydroxylation is 3. The van der Waals surface area contributed by atoms with Crippen LogP contribution in [0.4, 0.5) is 0 Å². The standard InChI is InChI=1S/C22H20N2O2S/c1-12-5-7-15(8-6-12)20-23-21(25)19-18(14(3)27-22(19)24-20)16-9-10-17(26-4)13(2)11-16/h5-11H,1-4H3,(H,23,24,25). The fraction of sp³-hybridized carbons (Fsp3) is 0.182. The number of fused-ring (bicyclic) bond motifs is 1. The summed E-state index contributed by atoms with van der Waals surface area (Å²) in [6.45, 7) is 6.07. The van der Waals surface area contributed by atoms with Crippen LogP contribution in [0.1, 0.15) is 16.0 Å². The quantitative estimate of drug-likeness (QED) is 0.531. The molecular formula is C22H20N2O2S. The van der Waals surface area contributed by atoms with Gasteiger partial charge in [-0.3, -0.25) is 4.79 Å². The second-order valence-corrected chi connectivity index (χ2v) is 7.88. The largest absolute Gasteiger partial charge is 0.496 e. The summed E-state index contributed by atoms with van der Waals surface area (Å²) in [6, 6.07) is 14.0. The summed E-state index contributed by atoms with van der Waals surface area (Å²) in [7, 11) is 1.66. The van der Waals surface area contributed by atoms with Crippen LogP contribution in [0.15, 0.2) is 47.3 Å². The third-order valence-electron chi connectivity index (χ3n) is 4.75. The number of nitrogens with one attached hydrogen (secondary N) is 1. The Hall–Kier alpha value is -2.92. The van der Waals surface area contributed by atoms with Crippen LogP contribution in [-0.4, -0.2) is 17.1 Å². The molecule has 1 N–H and O–H groups in total. The number of methoxy groups -OCH3 is 1. The number of aromatic amines is 1. The van der Waals surface area contributed by atoms with Crippen molar-refractivity contribution in [2.24, 2.45) is 0 Å². The monoisotopic (exact) mass is 376 g/mol. The molecule has 136 valence electrons. The van der Waals surface area contributed by atoms with Gasteiger partial charge in [0.25, 0.3) is 5.56 Å². The first-order valence-corrected chi connectivity index (χ1v) is 9.55. The third-order valence-corrected chi connectivity index (χ3v) is 5.75. The van der Waals surface area contributed by atoms with Gasteiger partial charge in [-0.15, -0.1) is 11.3 Å². The molecular weight excluding hydrogens is 356 g/mol. The molecule has 0 saturated carbocycles. The van der Waals surface area contributed by atoms with Gasteiger partial charge in [0.1, 0.15) is 16.4 Å². The molecule has 0 amide bonds. The minimum absolute atomic E-state index is 0.108. The van der Waals surface area contributed by atoms with E-state index in [2.05, 4.69) is 11.1 Å². The molecule has 0 fully saturated rings. The highest BCUT2D eigenvalue weighted by molar-refractivity contribution is 7.19. The molecule has 2 aromatic heterocycles. The van der Waals surface area contributed by atoms with Crippen LogP contribution in [0.5, 0.6) is 5.75 Å². The molecule has 0 saturated heterocycles. The van der Waals surface area contributed by atoms with Crippen molar-refractivity contribution in [1.29, 1.82) is 0 Å². The summed E-state index contributed by atoms with van der Waals surface area (Å²) in [5, 5.41) is 0.651. The van der Waals surface area contributed by atoms with Crippen molar-refractivity contribution in [3.8, 4) is 28.3 Å². The average Bonchev–Trinajstić information content (AvgIpc) is 2.98. The van der Waals surface area contributed by atoms with E-state index in [-0.39, 0.29) is 5.56 Å². The van der Waals surface area contributed by atoms with Crippen molar-refractivity contribution in [3.63, 3.8) is 0 Å². The van der Waals surface area contributed by atoms with E-state index < -0.39 is 0 Å². The van der Waals surface area contributed by atoms with E-state index in [9.17, 15) is 4.79 Å². The van der Waals surface area contributed by atoms with Gasteiger partial charge < -0.3 is 9.72 Å². The lowest BCUT2D eigenvalue weighted by atomic mass is 10.0. The molecule has 0 aliphatic rings. The number of hydrogen-bond donors (Lipinski definition) is 1. The second-order valence-electron chi connectivity index (χ2n) is 6.68. The number of benzene rings is 2. The average molecular weight is 376 g/mol. The fourth-order valence-electron chi connectivity index (χ4n) is 3.35. The van der Waals surface area contributed by atoms with Crippen LogP contribution in [0.25, 0.3) is 32.7 Å². The predicted molar refractivity (Wildman–Crippen MR) is 112 cm³/mol. The van der Waals surface area contributed by atoms with Gasteiger partial charge in [-0.05, 0) is 44.0 Å². The highest BCUT2D eigenvalue weighted by Gasteiger charge is 2.17. The zero-order chi connectivity index (χ0) is 19.1. The van der Waals surface area contributed by atoms with Crippen LogP contribution >= 0.6 is 11.3 Å². The van der Waals surface area contributed by atoms with E-state index in [4.69, 9.17) is 9.72 Å². The maximum Gasteiger partial charge on any atom is 0.260 e. The molecule has 5 heteroatoms. The summed E-state index contributed by atoms with van der Waals surface area (Å²) in [4.78, 5) is 22.5. The highest BCUT2D eigenvalue weighted by Crippen LogP contribution is 2.37. The van der Waals surface area contributed by atoms with Gasteiger partial charge in [0.2, 0.25) is 0 Å². The Morgan fingerprint density at radius 3 is 2.37 bits per heavy atom. The van der Waals surface area contributed by atoms with Crippen molar-refractivity contribution in [3.05, 3.63) is 68.8 Å². The van der Waals surface area contributed by atoms with Crippen LogP contribution < -0.4 is 10.3 Å². The fourth-order valence-corrected chi connectivity index (χ4v) is 4.39. The molecule has 0 aliphatic carbocycles.